The summed E-state index contributed by atoms with van der Waals surface area (Å²) in [6, 6.07) is 9.43. The molecule has 1 aromatic heterocycles. The molecule has 7 heteroatoms. The van der Waals surface area contributed by atoms with Crippen LogP contribution < -0.4 is 16.0 Å². The molecule has 2 aromatic rings. The monoisotopic (exact) mass is 376 g/mol. The molecule has 6 nitrogen and oxygen atoms in total. The van der Waals surface area contributed by atoms with Gasteiger partial charge in [-0.3, -0.25) is 4.79 Å². The zero-order valence-corrected chi connectivity index (χ0v) is 15.9. The molecule has 1 heterocycles. The summed E-state index contributed by atoms with van der Waals surface area (Å²) < 4.78 is 5.17. The lowest BCUT2D eigenvalue weighted by molar-refractivity contribution is 0.0925. The number of rotatable bonds is 8. The number of halogens is 1. The van der Waals surface area contributed by atoms with Crippen molar-refractivity contribution in [1.29, 1.82) is 0 Å². The Morgan fingerprint density at radius 2 is 2.00 bits per heavy atom. The molecule has 0 atom stereocenters. The highest BCUT2D eigenvalue weighted by atomic mass is 35.5. The minimum absolute atomic E-state index is 0.186. The molecule has 0 aliphatic carbocycles. The highest BCUT2D eigenvalue weighted by Crippen LogP contribution is 2.11. The average molecular weight is 377 g/mol. The highest BCUT2D eigenvalue weighted by Gasteiger charge is 2.11. The van der Waals surface area contributed by atoms with Crippen molar-refractivity contribution in [3.8, 4) is 0 Å². The summed E-state index contributed by atoms with van der Waals surface area (Å²) in [7, 11) is 0. The fourth-order valence-electron chi connectivity index (χ4n) is 2.33. The molecule has 0 saturated heterocycles. The Morgan fingerprint density at radius 3 is 2.69 bits per heavy atom. The Labute approximate surface area is 159 Å². The van der Waals surface area contributed by atoms with Gasteiger partial charge >= 0.3 is 0 Å². The Hall–Kier alpha value is -2.47. The molecule has 0 bridgehead atoms. The third kappa shape index (κ3) is 6.44. The number of guanidine groups is 1. The van der Waals surface area contributed by atoms with Crippen LogP contribution in [0.2, 0.25) is 5.02 Å². The van der Waals surface area contributed by atoms with Crippen molar-refractivity contribution in [2.24, 2.45) is 4.99 Å². The standard InChI is InChI=1S/C19H25ClN4O2/c1-3-21-19(24-13-15-6-4-7-16(20)12-15)23-10-5-9-22-18(25)17-14(2)8-11-26-17/h4,6-8,11-12H,3,5,9-10,13H2,1-2H3,(H,22,25)(H2,21,23,24). The number of hydrogen-bond donors (Lipinski definition) is 3. The molecular weight excluding hydrogens is 352 g/mol. The van der Waals surface area contributed by atoms with Gasteiger partial charge in [0, 0.05) is 30.2 Å². The smallest absolute Gasteiger partial charge is 0.287 e. The van der Waals surface area contributed by atoms with Gasteiger partial charge in [0.2, 0.25) is 0 Å². The van der Waals surface area contributed by atoms with Crippen LogP contribution in [-0.4, -0.2) is 31.5 Å². The van der Waals surface area contributed by atoms with E-state index >= 15 is 0 Å². The first kappa shape index (κ1) is 19.8. The number of furan rings is 1. The third-order valence-electron chi connectivity index (χ3n) is 3.65. The van der Waals surface area contributed by atoms with E-state index in [4.69, 9.17) is 16.0 Å². The lowest BCUT2D eigenvalue weighted by Crippen LogP contribution is -2.38. The maximum Gasteiger partial charge on any atom is 0.287 e. The van der Waals surface area contributed by atoms with E-state index < -0.39 is 0 Å². The molecule has 1 amide bonds. The van der Waals surface area contributed by atoms with Crippen LogP contribution in [0.15, 0.2) is 46.0 Å². The van der Waals surface area contributed by atoms with Gasteiger partial charge in [-0.25, -0.2) is 4.99 Å². The third-order valence-corrected chi connectivity index (χ3v) is 3.89. The number of benzene rings is 1. The second kappa shape index (κ2) is 10.5. The molecule has 0 spiro atoms. The summed E-state index contributed by atoms with van der Waals surface area (Å²) in [6.07, 6.45) is 2.29. The van der Waals surface area contributed by atoms with Crippen LogP contribution in [0, 0.1) is 6.92 Å². The predicted octanol–water partition coefficient (Wildman–Crippen LogP) is 3.12. The van der Waals surface area contributed by atoms with E-state index in [1.807, 2.05) is 38.1 Å². The molecule has 0 fully saturated rings. The predicted molar refractivity (Wildman–Crippen MR) is 105 cm³/mol. The zero-order valence-electron chi connectivity index (χ0n) is 15.1. The maximum atomic E-state index is 11.9. The van der Waals surface area contributed by atoms with E-state index in [1.54, 1.807) is 6.07 Å². The van der Waals surface area contributed by atoms with E-state index in [9.17, 15) is 4.79 Å². The molecule has 26 heavy (non-hydrogen) atoms. The summed E-state index contributed by atoms with van der Waals surface area (Å²) in [5.41, 5.74) is 1.89. The van der Waals surface area contributed by atoms with Crippen LogP contribution >= 0.6 is 11.6 Å². The Balaban J connectivity index is 1.73. The van der Waals surface area contributed by atoms with Crippen molar-refractivity contribution < 1.29 is 9.21 Å². The first-order chi connectivity index (χ1) is 12.6. The van der Waals surface area contributed by atoms with Crippen LogP contribution in [0.1, 0.15) is 35.0 Å². The Kier molecular flexibility index (Phi) is 8.02. The minimum atomic E-state index is -0.186. The van der Waals surface area contributed by atoms with Gasteiger partial charge in [0.05, 0.1) is 12.8 Å². The van der Waals surface area contributed by atoms with E-state index in [2.05, 4.69) is 20.9 Å². The van der Waals surface area contributed by atoms with Gasteiger partial charge in [-0.2, -0.15) is 0 Å². The zero-order chi connectivity index (χ0) is 18.8. The number of hydrogen-bond acceptors (Lipinski definition) is 3. The molecular formula is C19H25ClN4O2. The van der Waals surface area contributed by atoms with Crippen LogP contribution in [0.25, 0.3) is 0 Å². The summed E-state index contributed by atoms with van der Waals surface area (Å²) in [6.45, 7) is 6.43. The van der Waals surface area contributed by atoms with Crippen molar-refractivity contribution in [3.63, 3.8) is 0 Å². The SMILES string of the molecule is CCNC(=NCc1cccc(Cl)c1)NCCCNC(=O)c1occc1C. The number of aliphatic imine (C=N–C) groups is 1. The van der Waals surface area contributed by atoms with Gasteiger partial charge in [-0.1, -0.05) is 23.7 Å². The van der Waals surface area contributed by atoms with Gasteiger partial charge in [0.25, 0.3) is 5.91 Å². The lowest BCUT2D eigenvalue weighted by Gasteiger charge is -2.11. The second-order valence-corrected chi connectivity index (χ2v) is 6.23. The Morgan fingerprint density at radius 1 is 1.19 bits per heavy atom. The maximum absolute atomic E-state index is 11.9. The van der Waals surface area contributed by atoms with Crippen molar-refractivity contribution in [2.75, 3.05) is 19.6 Å². The lowest BCUT2D eigenvalue weighted by atomic mass is 10.2. The molecule has 2 rings (SSSR count). The number of nitrogens with one attached hydrogen (secondary N) is 3. The second-order valence-electron chi connectivity index (χ2n) is 5.79. The molecule has 140 valence electrons. The van der Waals surface area contributed by atoms with Crippen LogP contribution in [0.4, 0.5) is 0 Å². The quantitative estimate of drug-likeness (QED) is 0.376. The average Bonchev–Trinajstić information content (AvgIpc) is 3.05. The van der Waals surface area contributed by atoms with Crippen LogP contribution in [0.5, 0.6) is 0 Å². The molecule has 0 aliphatic heterocycles. The Bertz CT molecular complexity index is 743. The van der Waals surface area contributed by atoms with Gasteiger partial charge in [0.1, 0.15) is 0 Å². The van der Waals surface area contributed by atoms with Crippen molar-refractivity contribution in [1.82, 2.24) is 16.0 Å². The van der Waals surface area contributed by atoms with Crippen molar-refractivity contribution >= 4 is 23.5 Å². The fraction of sp³-hybridized carbons (Fsp3) is 0.368. The van der Waals surface area contributed by atoms with E-state index in [0.29, 0.717) is 30.4 Å². The number of amides is 1. The largest absolute Gasteiger partial charge is 0.459 e. The van der Waals surface area contributed by atoms with Crippen LogP contribution in [0.3, 0.4) is 0 Å². The molecule has 0 unspecified atom stereocenters. The summed E-state index contributed by atoms with van der Waals surface area (Å²) in [4.78, 5) is 16.5. The first-order valence-electron chi connectivity index (χ1n) is 8.69. The van der Waals surface area contributed by atoms with E-state index in [-0.39, 0.29) is 5.91 Å². The number of carbonyl (C=O) groups is 1. The van der Waals surface area contributed by atoms with E-state index in [0.717, 1.165) is 30.1 Å². The number of aryl methyl sites for hydroxylation is 1. The topological polar surface area (TPSA) is 78.7 Å². The van der Waals surface area contributed by atoms with Gasteiger partial charge in [-0.05, 0) is 44.0 Å². The minimum Gasteiger partial charge on any atom is -0.459 e. The summed E-state index contributed by atoms with van der Waals surface area (Å²) >= 11 is 5.99. The van der Waals surface area contributed by atoms with E-state index in [1.165, 1.54) is 6.26 Å². The normalized spacial score (nSPS) is 11.3. The van der Waals surface area contributed by atoms with Crippen LogP contribution in [-0.2, 0) is 6.54 Å². The summed E-state index contributed by atoms with van der Waals surface area (Å²) in [5.74, 6) is 0.920. The molecule has 1 aromatic carbocycles. The molecule has 3 N–H and O–H groups in total. The van der Waals surface area contributed by atoms with Crippen molar-refractivity contribution in [3.05, 3.63) is 58.5 Å². The fourth-order valence-corrected chi connectivity index (χ4v) is 2.54. The highest BCUT2D eigenvalue weighted by molar-refractivity contribution is 6.30. The summed E-state index contributed by atoms with van der Waals surface area (Å²) in [5, 5.41) is 10.0. The van der Waals surface area contributed by atoms with Gasteiger partial charge < -0.3 is 20.4 Å². The number of carbonyl (C=O) groups excluding carboxylic acids is 1. The van der Waals surface area contributed by atoms with Crippen molar-refractivity contribution in [2.45, 2.75) is 26.8 Å². The molecule has 0 radical (unpaired) electrons. The molecule has 0 aliphatic rings. The molecule has 0 saturated carbocycles. The van der Waals surface area contributed by atoms with Gasteiger partial charge in [-0.15, -0.1) is 0 Å². The first-order valence-corrected chi connectivity index (χ1v) is 9.07. The number of nitrogens with zero attached hydrogens (tertiary/aromatic N) is 1. The van der Waals surface area contributed by atoms with Gasteiger partial charge in [0.15, 0.2) is 11.7 Å².